The molecule has 1 aromatic carbocycles. The van der Waals surface area contributed by atoms with E-state index in [0.29, 0.717) is 0 Å². The summed E-state index contributed by atoms with van der Waals surface area (Å²) in [5.41, 5.74) is -0.571. The Morgan fingerprint density at radius 1 is 1.40 bits per heavy atom. The Morgan fingerprint density at radius 3 is 2.50 bits per heavy atom. The van der Waals surface area contributed by atoms with Gasteiger partial charge in [0.1, 0.15) is 5.82 Å². The van der Waals surface area contributed by atoms with Crippen LogP contribution in [0.5, 0.6) is 0 Å². The van der Waals surface area contributed by atoms with Gasteiger partial charge in [-0.2, -0.15) is 0 Å². The summed E-state index contributed by atoms with van der Waals surface area (Å²) in [7, 11) is 0. The van der Waals surface area contributed by atoms with Crippen molar-refractivity contribution in [2.75, 3.05) is 0 Å². The highest BCUT2D eigenvalue weighted by Crippen LogP contribution is 2.20. The third-order valence-corrected chi connectivity index (χ3v) is 1.08. The van der Waals surface area contributed by atoms with Gasteiger partial charge in [0, 0.05) is 0 Å². The Hall–Kier alpha value is -0.990. The fraction of sp³-hybridized carbons (Fsp3) is 0.143. The van der Waals surface area contributed by atoms with E-state index < -0.39 is 17.8 Å². The standard InChI is InChI=1S/C7H4F3/c8-6-4-2-1-3-5(6)7(9)10/h1,3-4,7H. The van der Waals surface area contributed by atoms with Gasteiger partial charge >= 0.3 is 0 Å². The van der Waals surface area contributed by atoms with Crippen LogP contribution >= 0.6 is 0 Å². The highest BCUT2D eigenvalue weighted by Gasteiger charge is 2.10. The molecule has 1 rings (SSSR count). The second-order valence-corrected chi connectivity index (χ2v) is 1.75. The van der Waals surface area contributed by atoms with E-state index >= 15 is 0 Å². The summed E-state index contributed by atoms with van der Waals surface area (Å²) in [5.74, 6) is -0.905. The molecule has 0 aliphatic carbocycles. The number of alkyl halides is 2. The molecule has 0 bridgehead atoms. The SMILES string of the molecule is Fc1c[c]ccc1C(F)F. The number of rotatable bonds is 1. The molecule has 0 amide bonds. The summed E-state index contributed by atoms with van der Waals surface area (Å²) in [4.78, 5) is 0. The molecule has 0 aliphatic rings. The summed E-state index contributed by atoms with van der Waals surface area (Å²) < 4.78 is 35.9. The molecule has 0 unspecified atom stereocenters. The van der Waals surface area contributed by atoms with E-state index in [9.17, 15) is 13.2 Å². The number of hydrogen-bond donors (Lipinski definition) is 0. The molecule has 10 heavy (non-hydrogen) atoms. The minimum absolute atomic E-state index is 0.571. The first-order chi connectivity index (χ1) is 4.72. The van der Waals surface area contributed by atoms with Crippen LogP contribution in [0.15, 0.2) is 18.2 Å². The predicted molar refractivity (Wildman–Crippen MR) is 30.2 cm³/mol. The van der Waals surface area contributed by atoms with Crippen molar-refractivity contribution in [1.29, 1.82) is 0 Å². The molecular weight excluding hydrogens is 141 g/mol. The van der Waals surface area contributed by atoms with Crippen molar-refractivity contribution in [2.24, 2.45) is 0 Å². The third kappa shape index (κ3) is 1.29. The number of benzene rings is 1. The largest absolute Gasteiger partial charge is 0.266 e. The summed E-state index contributed by atoms with van der Waals surface area (Å²) in [6.07, 6.45) is -2.74. The van der Waals surface area contributed by atoms with E-state index in [-0.39, 0.29) is 0 Å². The van der Waals surface area contributed by atoms with Gasteiger partial charge in [-0.25, -0.2) is 13.2 Å². The third-order valence-electron chi connectivity index (χ3n) is 1.08. The Labute approximate surface area is 56.3 Å². The maximum Gasteiger partial charge on any atom is 0.266 e. The second-order valence-electron chi connectivity index (χ2n) is 1.75. The van der Waals surface area contributed by atoms with Crippen LogP contribution in [0.4, 0.5) is 13.2 Å². The first-order valence-corrected chi connectivity index (χ1v) is 2.65. The molecule has 0 aliphatic heterocycles. The maximum absolute atomic E-state index is 12.3. The molecule has 1 radical (unpaired) electrons. The van der Waals surface area contributed by atoms with Crippen LogP contribution in [0.3, 0.4) is 0 Å². The van der Waals surface area contributed by atoms with Crippen LogP contribution in [0, 0.1) is 11.9 Å². The van der Waals surface area contributed by atoms with Crippen LogP contribution < -0.4 is 0 Å². The normalized spacial score (nSPS) is 10.4. The highest BCUT2D eigenvalue weighted by molar-refractivity contribution is 5.17. The minimum atomic E-state index is -2.74. The van der Waals surface area contributed by atoms with Crippen LogP contribution in [-0.4, -0.2) is 0 Å². The number of hydrogen-bond acceptors (Lipinski definition) is 0. The summed E-state index contributed by atoms with van der Waals surface area (Å²) in [5, 5.41) is 0. The molecule has 0 fully saturated rings. The van der Waals surface area contributed by atoms with Gasteiger partial charge in [0.15, 0.2) is 0 Å². The van der Waals surface area contributed by atoms with E-state index in [0.717, 1.165) is 12.1 Å². The molecule has 0 saturated heterocycles. The molecule has 0 atom stereocenters. The topological polar surface area (TPSA) is 0 Å². The summed E-state index contributed by atoms with van der Waals surface area (Å²) in [6, 6.07) is 5.51. The van der Waals surface area contributed by atoms with Crippen molar-refractivity contribution in [3.8, 4) is 0 Å². The summed E-state index contributed by atoms with van der Waals surface area (Å²) >= 11 is 0. The van der Waals surface area contributed by atoms with Gasteiger partial charge in [-0.3, -0.25) is 0 Å². The molecule has 1 aromatic rings. The Morgan fingerprint density at radius 2 is 2.10 bits per heavy atom. The highest BCUT2D eigenvalue weighted by atomic mass is 19.3. The average molecular weight is 145 g/mol. The smallest absolute Gasteiger partial charge is 0.206 e. The van der Waals surface area contributed by atoms with Gasteiger partial charge in [0.25, 0.3) is 6.43 Å². The van der Waals surface area contributed by atoms with E-state index in [1.165, 1.54) is 6.07 Å². The molecule has 53 valence electrons. The first kappa shape index (κ1) is 7.12. The lowest BCUT2D eigenvalue weighted by Crippen LogP contribution is -1.88. The maximum atomic E-state index is 12.3. The quantitative estimate of drug-likeness (QED) is 0.569. The van der Waals surface area contributed by atoms with Crippen molar-refractivity contribution in [1.82, 2.24) is 0 Å². The zero-order valence-electron chi connectivity index (χ0n) is 4.94. The zero-order valence-corrected chi connectivity index (χ0v) is 4.94. The van der Waals surface area contributed by atoms with Crippen molar-refractivity contribution in [2.45, 2.75) is 6.43 Å². The van der Waals surface area contributed by atoms with Gasteiger partial charge in [0.2, 0.25) is 0 Å². The predicted octanol–water partition coefficient (Wildman–Crippen LogP) is 2.56. The molecule has 0 aromatic heterocycles. The van der Waals surface area contributed by atoms with Gasteiger partial charge in [0.05, 0.1) is 5.56 Å². The van der Waals surface area contributed by atoms with Gasteiger partial charge in [-0.1, -0.05) is 6.07 Å². The lowest BCUT2D eigenvalue weighted by molar-refractivity contribution is 0.146. The molecule has 0 heterocycles. The van der Waals surface area contributed by atoms with Crippen LogP contribution in [0.1, 0.15) is 12.0 Å². The van der Waals surface area contributed by atoms with Crippen LogP contribution in [-0.2, 0) is 0 Å². The Bertz CT molecular complexity index is 220. The van der Waals surface area contributed by atoms with E-state index in [4.69, 9.17) is 0 Å². The van der Waals surface area contributed by atoms with Gasteiger partial charge in [-0.05, 0) is 18.2 Å². The van der Waals surface area contributed by atoms with Crippen molar-refractivity contribution >= 4 is 0 Å². The van der Waals surface area contributed by atoms with Crippen LogP contribution in [0.25, 0.3) is 0 Å². The lowest BCUT2D eigenvalue weighted by Gasteiger charge is -1.97. The van der Waals surface area contributed by atoms with E-state index in [1.54, 1.807) is 0 Å². The van der Waals surface area contributed by atoms with E-state index in [2.05, 4.69) is 6.07 Å². The van der Waals surface area contributed by atoms with Crippen molar-refractivity contribution < 1.29 is 13.2 Å². The van der Waals surface area contributed by atoms with Gasteiger partial charge < -0.3 is 0 Å². The van der Waals surface area contributed by atoms with Gasteiger partial charge in [-0.15, -0.1) is 0 Å². The zero-order chi connectivity index (χ0) is 7.56. The molecular formula is C7H4F3. The number of halogens is 3. The Kier molecular flexibility index (Phi) is 1.94. The fourth-order valence-corrected chi connectivity index (χ4v) is 0.599. The van der Waals surface area contributed by atoms with Crippen LogP contribution in [0.2, 0.25) is 0 Å². The van der Waals surface area contributed by atoms with Crippen molar-refractivity contribution in [3.05, 3.63) is 35.6 Å². The molecule has 3 heteroatoms. The Balaban J connectivity index is 3.03. The monoisotopic (exact) mass is 145 g/mol. The molecule has 0 spiro atoms. The molecule has 0 N–H and O–H groups in total. The second kappa shape index (κ2) is 2.73. The fourth-order valence-electron chi connectivity index (χ4n) is 0.599. The van der Waals surface area contributed by atoms with E-state index in [1.807, 2.05) is 0 Å². The van der Waals surface area contributed by atoms with Crippen molar-refractivity contribution in [3.63, 3.8) is 0 Å². The minimum Gasteiger partial charge on any atom is -0.206 e. The summed E-state index contributed by atoms with van der Waals surface area (Å²) in [6.45, 7) is 0. The molecule has 0 saturated carbocycles. The first-order valence-electron chi connectivity index (χ1n) is 2.65. The lowest BCUT2D eigenvalue weighted by atomic mass is 10.2. The average Bonchev–Trinajstić information content (AvgIpc) is 1.88. The molecule has 0 nitrogen and oxygen atoms in total.